The van der Waals surface area contributed by atoms with E-state index in [0.29, 0.717) is 6.04 Å². The van der Waals surface area contributed by atoms with Crippen molar-refractivity contribution in [1.82, 2.24) is 9.80 Å². The number of nitrogens with zero attached hydrogens (tertiary/aromatic N) is 2. The molecule has 0 bridgehead atoms. The molecule has 0 amide bonds. The van der Waals surface area contributed by atoms with Crippen LogP contribution in [0.25, 0.3) is 0 Å². The Labute approximate surface area is 93.1 Å². The molecule has 0 radical (unpaired) electrons. The van der Waals surface area contributed by atoms with Crippen LogP contribution in [0.2, 0.25) is 0 Å². The predicted molar refractivity (Wildman–Crippen MR) is 61.9 cm³/mol. The highest BCUT2D eigenvalue weighted by atomic mass is 16.3. The molecule has 2 rings (SSSR count). The largest absolute Gasteiger partial charge is 0.393 e. The van der Waals surface area contributed by atoms with E-state index in [1.165, 1.54) is 32.4 Å². The van der Waals surface area contributed by atoms with E-state index in [9.17, 15) is 5.11 Å². The molecule has 3 atom stereocenters. The fourth-order valence-electron chi connectivity index (χ4n) is 3.03. The molecular formula is C12H24N2O. The molecule has 2 fully saturated rings. The third-order valence-electron chi connectivity index (χ3n) is 4.17. The Hall–Kier alpha value is -0.120. The van der Waals surface area contributed by atoms with Crippen molar-refractivity contribution in [2.75, 3.05) is 27.2 Å². The lowest BCUT2D eigenvalue weighted by Gasteiger charge is -2.30. The molecule has 1 aliphatic carbocycles. The molecule has 1 N–H and O–H groups in total. The van der Waals surface area contributed by atoms with Gasteiger partial charge in [0.2, 0.25) is 0 Å². The zero-order chi connectivity index (χ0) is 10.8. The van der Waals surface area contributed by atoms with Gasteiger partial charge in [0.05, 0.1) is 6.10 Å². The Bertz CT molecular complexity index is 210. The topological polar surface area (TPSA) is 26.7 Å². The summed E-state index contributed by atoms with van der Waals surface area (Å²) in [6.07, 6.45) is 5.80. The van der Waals surface area contributed by atoms with Crippen LogP contribution >= 0.6 is 0 Å². The maximum absolute atomic E-state index is 9.52. The Morgan fingerprint density at radius 1 is 1.33 bits per heavy atom. The number of likely N-dealkylation sites (N-methyl/N-ethyl adjacent to an activating group) is 2. The van der Waals surface area contributed by atoms with Gasteiger partial charge in [-0.1, -0.05) is 0 Å². The summed E-state index contributed by atoms with van der Waals surface area (Å²) in [6, 6.07) is 1.36. The van der Waals surface area contributed by atoms with Crippen LogP contribution in [0.4, 0.5) is 0 Å². The minimum absolute atomic E-state index is 0.0428. The van der Waals surface area contributed by atoms with Crippen molar-refractivity contribution in [2.45, 2.75) is 50.3 Å². The van der Waals surface area contributed by atoms with Gasteiger partial charge in [-0.2, -0.15) is 0 Å². The van der Waals surface area contributed by atoms with Gasteiger partial charge in [-0.05, 0) is 52.7 Å². The summed E-state index contributed by atoms with van der Waals surface area (Å²) in [5.41, 5.74) is 0. The van der Waals surface area contributed by atoms with Crippen LogP contribution in [-0.2, 0) is 0 Å². The van der Waals surface area contributed by atoms with Crippen LogP contribution in [0.1, 0.15) is 32.1 Å². The Balaban J connectivity index is 1.78. The van der Waals surface area contributed by atoms with Gasteiger partial charge in [-0.25, -0.2) is 0 Å². The first-order valence-corrected chi connectivity index (χ1v) is 6.25. The van der Waals surface area contributed by atoms with Gasteiger partial charge < -0.3 is 14.9 Å². The van der Waals surface area contributed by atoms with E-state index in [0.717, 1.165) is 18.9 Å². The second-order valence-corrected chi connectivity index (χ2v) is 5.34. The van der Waals surface area contributed by atoms with E-state index < -0.39 is 0 Å². The summed E-state index contributed by atoms with van der Waals surface area (Å²) in [6.45, 7) is 2.43. The second kappa shape index (κ2) is 4.81. The third-order valence-corrected chi connectivity index (χ3v) is 4.17. The van der Waals surface area contributed by atoms with Gasteiger partial charge in [0, 0.05) is 18.6 Å². The molecule has 0 aromatic heterocycles. The summed E-state index contributed by atoms with van der Waals surface area (Å²) < 4.78 is 0. The average molecular weight is 212 g/mol. The summed E-state index contributed by atoms with van der Waals surface area (Å²) in [4.78, 5) is 4.94. The first-order valence-electron chi connectivity index (χ1n) is 6.25. The number of aliphatic hydroxyl groups excluding tert-OH is 1. The molecule has 88 valence electrons. The minimum Gasteiger partial charge on any atom is -0.393 e. The number of likely N-dealkylation sites (tertiary alicyclic amines) is 1. The second-order valence-electron chi connectivity index (χ2n) is 5.34. The molecule has 0 aromatic rings. The fourth-order valence-corrected chi connectivity index (χ4v) is 3.03. The van der Waals surface area contributed by atoms with E-state index >= 15 is 0 Å². The van der Waals surface area contributed by atoms with Crippen LogP contribution in [0, 0.1) is 0 Å². The molecule has 2 aliphatic rings. The maximum Gasteiger partial charge on any atom is 0.0555 e. The molecule has 3 heteroatoms. The monoisotopic (exact) mass is 212 g/mol. The zero-order valence-corrected chi connectivity index (χ0v) is 10.0. The number of aliphatic hydroxyl groups is 1. The van der Waals surface area contributed by atoms with Crippen molar-refractivity contribution >= 4 is 0 Å². The van der Waals surface area contributed by atoms with E-state index in [1.807, 2.05) is 0 Å². The molecule has 0 spiro atoms. The Kier molecular flexibility index (Phi) is 3.65. The third kappa shape index (κ3) is 2.71. The highest BCUT2D eigenvalue weighted by molar-refractivity contribution is 4.85. The molecule has 15 heavy (non-hydrogen) atoms. The van der Waals surface area contributed by atoms with Crippen LogP contribution in [0.5, 0.6) is 0 Å². The van der Waals surface area contributed by atoms with Crippen molar-refractivity contribution in [1.29, 1.82) is 0 Å². The van der Waals surface area contributed by atoms with Gasteiger partial charge >= 0.3 is 0 Å². The van der Waals surface area contributed by atoms with Crippen LogP contribution in [-0.4, -0.2) is 60.3 Å². The van der Waals surface area contributed by atoms with E-state index in [1.54, 1.807) is 0 Å². The molecule has 1 saturated carbocycles. The molecule has 3 unspecified atom stereocenters. The van der Waals surface area contributed by atoms with Crippen LogP contribution < -0.4 is 0 Å². The van der Waals surface area contributed by atoms with Crippen molar-refractivity contribution in [3.05, 3.63) is 0 Å². The fraction of sp³-hybridized carbons (Fsp3) is 1.00. The normalized spacial score (nSPS) is 38.0. The number of rotatable bonds is 3. The van der Waals surface area contributed by atoms with Crippen molar-refractivity contribution in [3.8, 4) is 0 Å². The lowest BCUT2D eigenvalue weighted by molar-refractivity contribution is 0.147. The van der Waals surface area contributed by atoms with Crippen molar-refractivity contribution in [2.24, 2.45) is 0 Å². The first-order chi connectivity index (χ1) is 7.16. The number of hydrogen-bond donors (Lipinski definition) is 1. The van der Waals surface area contributed by atoms with Crippen molar-refractivity contribution < 1.29 is 5.11 Å². The zero-order valence-electron chi connectivity index (χ0n) is 10.0. The lowest BCUT2D eigenvalue weighted by atomic mass is 10.1. The lowest BCUT2D eigenvalue weighted by Crippen LogP contribution is -2.40. The quantitative estimate of drug-likeness (QED) is 0.754. The van der Waals surface area contributed by atoms with Gasteiger partial charge in [0.1, 0.15) is 0 Å². The summed E-state index contributed by atoms with van der Waals surface area (Å²) in [5.74, 6) is 0. The molecule has 1 heterocycles. The van der Waals surface area contributed by atoms with E-state index in [2.05, 4.69) is 23.9 Å². The highest BCUT2D eigenvalue weighted by Gasteiger charge is 2.29. The molecular weight excluding hydrogens is 188 g/mol. The first kappa shape index (κ1) is 11.4. The SMILES string of the molecule is CN1CCCC1CN(C)C1CCC(O)C1. The van der Waals surface area contributed by atoms with Gasteiger partial charge in [0.25, 0.3) is 0 Å². The van der Waals surface area contributed by atoms with E-state index in [-0.39, 0.29) is 6.10 Å². The van der Waals surface area contributed by atoms with Gasteiger partial charge in [-0.3, -0.25) is 0 Å². The Morgan fingerprint density at radius 2 is 2.13 bits per heavy atom. The van der Waals surface area contributed by atoms with Crippen LogP contribution in [0.3, 0.4) is 0 Å². The van der Waals surface area contributed by atoms with E-state index in [4.69, 9.17) is 0 Å². The molecule has 3 nitrogen and oxygen atoms in total. The highest BCUT2D eigenvalue weighted by Crippen LogP contribution is 2.25. The number of hydrogen-bond acceptors (Lipinski definition) is 3. The van der Waals surface area contributed by atoms with Crippen LogP contribution in [0.15, 0.2) is 0 Å². The minimum atomic E-state index is -0.0428. The smallest absolute Gasteiger partial charge is 0.0555 e. The van der Waals surface area contributed by atoms with Gasteiger partial charge in [0.15, 0.2) is 0 Å². The molecule has 1 aliphatic heterocycles. The molecule has 0 aromatic carbocycles. The van der Waals surface area contributed by atoms with Gasteiger partial charge in [-0.15, -0.1) is 0 Å². The predicted octanol–water partition coefficient (Wildman–Crippen LogP) is 0.926. The molecule has 1 saturated heterocycles. The average Bonchev–Trinajstić information content (AvgIpc) is 2.77. The maximum atomic E-state index is 9.52. The Morgan fingerprint density at radius 3 is 2.67 bits per heavy atom. The summed E-state index contributed by atoms with van der Waals surface area (Å²) >= 11 is 0. The standard InChI is InChI=1S/C12H24N2O/c1-13-7-3-4-11(13)9-14(2)10-5-6-12(15)8-10/h10-12,15H,3-9H2,1-2H3. The summed E-state index contributed by atoms with van der Waals surface area (Å²) in [5, 5.41) is 9.52. The summed E-state index contributed by atoms with van der Waals surface area (Å²) in [7, 11) is 4.45. The van der Waals surface area contributed by atoms with Crippen molar-refractivity contribution in [3.63, 3.8) is 0 Å².